The summed E-state index contributed by atoms with van der Waals surface area (Å²) in [7, 11) is 0. The van der Waals surface area contributed by atoms with Crippen LogP contribution in [-0.2, 0) is 11.8 Å². The van der Waals surface area contributed by atoms with Gasteiger partial charge in [0.15, 0.2) is 0 Å². The maximum absolute atomic E-state index is 2.32. The SMILES string of the molecule is CC(C)(C)c1ccc(C2SCCc3ccccc32)cc1. The first-order chi connectivity index (χ1) is 9.55. The molecule has 0 fully saturated rings. The summed E-state index contributed by atoms with van der Waals surface area (Å²) < 4.78 is 0. The van der Waals surface area contributed by atoms with Crippen LogP contribution in [0.4, 0.5) is 0 Å². The highest BCUT2D eigenvalue weighted by Gasteiger charge is 2.22. The van der Waals surface area contributed by atoms with Crippen LogP contribution in [0.5, 0.6) is 0 Å². The van der Waals surface area contributed by atoms with Crippen LogP contribution >= 0.6 is 11.8 Å². The molecule has 0 aromatic heterocycles. The first-order valence-corrected chi connectivity index (χ1v) is 8.40. The standard InChI is InChI=1S/C19H22S/c1-19(2,3)16-10-8-15(9-11-16)18-17-7-5-4-6-14(17)12-13-20-18/h4-11,18H,12-13H2,1-3H3. The van der Waals surface area contributed by atoms with E-state index in [9.17, 15) is 0 Å². The van der Waals surface area contributed by atoms with Crippen molar-refractivity contribution in [3.63, 3.8) is 0 Å². The average molecular weight is 282 g/mol. The average Bonchev–Trinajstić information content (AvgIpc) is 2.46. The summed E-state index contributed by atoms with van der Waals surface area (Å²) in [6.45, 7) is 6.81. The van der Waals surface area contributed by atoms with E-state index in [2.05, 4.69) is 81.1 Å². The second-order valence-corrected chi connectivity index (χ2v) is 7.78. The molecular weight excluding hydrogens is 260 g/mol. The van der Waals surface area contributed by atoms with Gasteiger partial charge in [0.2, 0.25) is 0 Å². The molecule has 1 unspecified atom stereocenters. The fourth-order valence-corrected chi connectivity index (χ4v) is 4.16. The van der Waals surface area contributed by atoms with Crippen LogP contribution in [0.25, 0.3) is 0 Å². The Morgan fingerprint density at radius 3 is 2.35 bits per heavy atom. The summed E-state index contributed by atoms with van der Waals surface area (Å²) in [6.07, 6.45) is 1.21. The van der Waals surface area contributed by atoms with Gasteiger partial charge in [-0.25, -0.2) is 0 Å². The van der Waals surface area contributed by atoms with Crippen LogP contribution in [0.1, 0.15) is 48.3 Å². The van der Waals surface area contributed by atoms with Gasteiger partial charge in [0.05, 0.1) is 5.25 Å². The third kappa shape index (κ3) is 2.64. The van der Waals surface area contributed by atoms with E-state index in [-0.39, 0.29) is 5.41 Å². The molecule has 2 aromatic carbocycles. The van der Waals surface area contributed by atoms with Gasteiger partial charge >= 0.3 is 0 Å². The van der Waals surface area contributed by atoms with Crippen molar-refractivity contribution < 1.29 is 0 Å². The highest BCUT2D eigenvalue weighted by Crippen LogP contribution is 2.41. The largest absolute Gasteiger partial charge is 0.149 e. The summed E-state index contributed by atoms with van der Waals surface area (Å²) in [4.78, 5) is 0. The van der Waals surface area contributed by atoms with Crippen molar-refractivity contribution in [1.82, 2.24) is 0 Å². The summed E-state index contributed by atoms with van der Waals surface area (Å²) >= 11 is 2.07. The molecule has 0 aliphatic carbocycles. The first kappa shape index (κ1) is 13.8. The number of fused-ring (bicyclic) bond motifs is 1. The minimum Gasteiger partial charge on any atom is -0.149 e. The van der Waals surface area contributed by atoms with E-state index in [1.54, 1.807) is 0 Å². The Kier molecular flexibility index (Phi) is 3.64. The van der Waals surface area contributed by atoms with E-state index in [4.69, 9.17) is 0 Å². The number of hydrogen-bond donors (Lipinski definition) is 0. The molecule has 0 nitrogen and oxygen atoms in total. The first-order valence-electron chi connectivity index (χ1n) is 7.35. The van der Waals surface area contributed by atoms with E-state index < -0.39 is 0 Å². The van der Waals surface area contributed by atoms with Crippen molar-refractivity contribution in [1.29, 1.82) is 0 Å². The molecule has 1 aliphatic rings. The molecule has 20 heavy (non-hydrogen) atoms. The molecule has 0 saturated heterocycles. The van der Waals surface area contributed by atoms with Crippen molar-refractivity contribution in [3.8, 4) is 0 Å². The molecule has 104 valence electrons. The molecule has 1 aliphatic heterocycles. The smallest absolute Gasteiger partial charge is 0.0549 e. The Bertz CT molecular complexity index is 590. The lowest BCUT2D eigenvalue weighted by molar-refractivity contribution is 0.590. The van der Waals surface area contributed by atoms with Crippen LogP contribution in [0.2, 0.25) is 0 Å². The number of rotatable bonds is 1. The molecule has 1 heteroatoms. The van der Waals surface area contributed by atoms with Gasteiger partial charge in [0.1, 0.15) is 0 Å². The molecule has 0 bridgehead atoms. The van der Waals surface area contributed by atoms with Gasteiger partial charge in [-0.1, -0.05) is 69.3 Å². The topological polar surface area (TPSA) is 0 Å². The highest BCUT2D eigenvalue weighted by molar-refractivity contribution is 7.99. The Morgan fingerprint density at radius 1 is 0.950 bits per heavy atom. The van der Waals surface area contributed by atoms with Gasteiger partial charge in [0, 0.05) is 0 Å². The van der Waals surface area contributed by atoms with E-state index >= 15 is 0 Å². The van der Waals surface area contributed by atoms with Crippen LogP contribution in [0.15, 0.2) is 48.5 Å². The number of benzene rings is 2. The lowest BCUT2D eigenvalue weighted by Gasteiger charge is -2.26. The van der Waals surface area contributed by atoms with Crippen molar-refractivity contribution in [2.45, 2.75) is 37.9 Å². The fraction of sp³-hybridized carbons (Fsp3) is 0.368. The molecule has 2 aromatic rings. The molecule has 0 saturated carbocycles. The predicted octanol–water partition coefficient (Wildman–Crippen LogP) is 5.36. The predicted molar refractivity (Wildman–Crippen MR) is 89.6 cm³/mol. The maximum Gasteiger partial charge on any atom is 0.0549 e. The Hall–Kier alpha value is -1.21. The van der Waals surface area contributed by atoms with E-state index in [0.29, 0.717) is 5.25 Å². The number of thioether (sulfide) groups is 1. The van der Waals surface area contributed by atoms with Gasteiger partial charge in [-0.3, -0.25) is 0 Å². The molecule has 0 radical (unpaired) electrons. The van der Waals surface area contributed by atoms with Gasteiger partial charge in [-0.15, -0.1) is 11.8 Å². The Morgan fingerprint density at radius 2 is 1.65 bits per heavy atom. The van der Waals surface area contributed by atoms with Crippen LogP contribution in [0.3, 0.4) is 0 Å². The minimum absolute atomic E-state index is 0.232. The molecular formula is C19H22S. The fourth-order valence-electron chi connectivity index (χ4n) is 2.83. The van der Waals surface area contributed by atoms with E-state index in [1.165, 1.54) is 34.4 Å². The van der Waals surface area contributed by atoms with E-state index in [1.807, 2.05) is 0 Å². The second-order valence-electron chi connectivity index (χ2n) is 6.57. The molecule has 0 spiro atoms. The summed E-state index contributed by atoms with van der Waals surface area (Å²) in [6, 6.07) is 18.1. The van der Waals surface area contributed by atoms with E-state index in [0.717, 1.165) is 0 Å². The summed E-state index contributed by atoms with van der Waals surface area (Å²) in [5, 5.41) is 0.508. The second kappa shape index (κ2) is 5.29. The monoisotopic (exact) mass is 282 g/mol. The Labute approximate surface area is 126 Å². The van der Waals surface area contributed by atoms with Crippen LogP contribution in [0, 0.1) is 0 Å². The van der Waals surface area contributed by atoms with Gasteiger partial charge in [-0.2, -0.15) is 0 Å². The van der Waals surface area contributed by atoms with Crippen molar-refractivity contribution >= 4 is 11.8 Å². The van der Waals surface area contributed by atoms with Gasteiger partial charge < -0.3 is 0 Å². The third-order valence-electron chi connectivity index (χ3n) is 4.07. The summed E-state index contributed by atoms with van der Waals surface area (Å²) in [5.74, 6) is 1.22. The van der Waals surface area contributed by atoms with Crippen LogP contribution in [-0.4, -0.2) is 5.75 Å². The molecule has 0 amide bonds. The van der Waals surface area contributed by atoms with Crippen LogP contribution < -0.4 is 0 Å². The lowest BCUT2D eigenvalue weighted by atomic mass is 9.86. The highest BCUT2D eigenvalue weighted by atomic mass is 32.2. The van der Waals surface area contributed by atoms with Crippen molar-refractivity contribution in [2.75, 3.05) is 5.75 Å². The van der Waals surface area contributed by atoms with Crippen molar-refractivity contribution in [2.24, 2.45) is 0 Å². The molecule has 1 heterocycles. The van der Waals surface area contributed by atoms with Gasteiger partial charge in [-0.05, 0) is 39.8 Å². The lowest BCUT2D eigenvalue weighted by Crippen LogP contribution is -2.12. The quantitative estimate of drug-likeness (QED) is 0.678. The molecule has 1 atom stereocenters. The zero-order chi connectivity index (χ0) is 14.2. The maximum atomic E-state index is 2.32. The Balaban J connectivity index is 1.95. The number of aryl methyl sites for hydroxylation is 1. The van der Waals surface area contributed by atoms with Gasteiger partial charge in [0.25, 0.3) is 0 Å². The third-order valence-corrected chi connectivity index (χ3v) is 5.37. The number of hydrogen-bond acceptors (Lipinski definition) is 1. The zero-order valence-electron chi connectivity index (χ0n) is 12.5. The minimum atomic E-state index is 0.232. The zero-order valence-corrected chi connectivity index (χ0v) is 13.3. The van der Waals surface area contributed by atoms with Crippen molar-refractivity contribution in [3.05, 3.63) is 70.8 Å². The molecule has 3 rings (SSSR count). The summed E-state index contributed by atoms with van der Waals surface area (Å²) in [5.41, 5.74) is 6.12. The molecule has 0 N–H and O–H groups in total. The normalized spacial score (nSPS) is 18.6.